The van der Waals surface area contributed by atoms with Gasteiger partial charge in [-0.15, -0.1) is 11.3 Å². The molecule has 0 bridgehead atoms. The molecule has 5 heteroatoms. The van der Waals surface area contributed by atoms with Gasteiger partial charge < -0.3 is 5.11 Å². The highest BCUT2D eigenvalue weighted by atomic mass is 79.9. The van der Waals surface area contributed by atoms with Crippen LogP contribution in [0.3, 0.4) is 0 Å². The Bertz CT molecular complexity index is 536. The van der Waals surface area contributed by atoms with E-state index in [4.69, 9.17) is 11.6 Å². The van der Waals surface area contributed by atoms with Crippen molar-refractivity contribution in [2.45, 2.75) is 13.0 Å². The van der Waals surface area contributed by atoms with E-state index >= 15 is 0 Å². The summed E-state index contributed by atoms with van der Waals surface area (Å²) in [5.41, 5.74) is 1.14. The van der Waals surface area contributed by atoms with E-state index < -0.39 is 11.9 Å². The molecule has 17 heavy (non-hydrogen) atoms. The topological polar surface area (TPSA) is 20.2 Å². The fraction of sp³-hybridized carbons (Fsp3) is 0.167. The van der Waals surface area contributed by atoms with Crippen LogP contribution in [0.2, 0.25) is 4.34 Å². The third-order valence-corrected chi connectivity index (χ3v) is 4.64. The maximum absolute atomic E-state index is 13.8. The van der Waals surface area contributed by atoms with Crippen LogP contribution in [0.1, 0.15) is 22.1 Å². The van der Waals surface area contributed by atoms with E-state index in [1.54, 1.807) is 24.3 Å². The lowest BCUT2D eigenvalue weighted by atomic mass is 10.1. The van der Waals surface area contributed by atoms with Gasteiger partial charge in [0.15, 0.2) is 0 Å². The molecule has 1 unspecified atom stereocenters. The average Bonchev–Trinajstić information content (AvgIpc) is 2.62. The molecular weight excluding hydrogens is 327 g/mol. The smallest absolute Gasteiger partial charge is 0.143 e. The lowest BCUT2D eigenvalue weighted by Gasteiger charge is -2.10. The van der Waals surface area contributed by atoms with Gasteiger partial charge in [0.1, 0.15) is 11.9 Å². The average molecular weight is 336 g/mol. The molecule has 1 atom stereocenters. The molecule has 1 N–H and O–H groups in total. The Labute approximate surface area is 116 Å². The van der Waals surface area contributed by atoms with Crippen molar-refractivity contribution >= 4 is 38.9 Å². The fourth-order valence-corrected chi connectivity index (χ4v) is 3.11. The van der Waals surface area contributed by atoms with Gasteiger partial charge in [-0.3, -0.25) is 0 Å². The third-order valence-electron chi connectivity index (χ3n) is 2.42. The molecule has 0 spiro atoms. The van der Waals surface area contributed by atoms with Crippen LogP contribution in [-0.4, -0.2) is 5.11 Å². The standard InChI is InChI=1S/C12H9BrClFOS/c1-6-5-9(17-12(6)14)11(16)7-3-2-4-8(13)10(7)15/h2-5,11,16H,1H3. The first-order valence-corrected chi connectivity index (χ1v) is 6.87. The molecule has 90 valence electrons. The number of benzene rings is 1. The molecule has 0 fully saturated rings. The van der Waals surface area contributed by atoms with E-state index in [0.29, 0.717) is 13.7 Å². The van der Waals surface area contributed by atoms with Crippen molar-refractivity contribution in [3.63, 3.8) is 0 Å². The Hall–Kier alpha value is -0.420. The van der Waals surface area contributed by atoms with E-state index in [9.17, 15) is 9.50 Å². The number of halogens is 3. The van der Waals surface area contributed by atoms with Crippen molar-refractivity contribution in [3.05, 3.63) is 54.9 Å². The maximum Gasteiger partial charge on any atom is 0.143 e. The van der Waals surface area contributed by atoms with Crippen LogP contribution in [0.4, 0.5) is 4.39 Å². The molecule has 0 aliphatic carbocycles. The molecule has 1 aromatic heterocycles. The molecule has 0 aliphatic heterocycles. The van der Waals surface area contributed by atoms with E-state index in [0.717, 1.165) is 5.56 Å². The van der Waals surface area contributed by atoms with Gasteiger partial charge in [-0.2, -0.15) is 0 Å². The zero-order valence-electron chi connectivity index (χ0n) is 8.88. The highest BCUT2D eigenvalue weighted by Crippen LogP contribution is 2.35. The van der Waals surface area contributed by atoms with Crippen LogP contribution in [0.25, 0.3) is 0 Å². The molecular formula is C12H9BrClFOS. The summed E-state index contributed by atoms with van der Waals surface area (Å²) in [5.74, 6) is -0.442. The minimum absolute atomic E-state index is 0.247. The van der Waals surface area contributed by atoms with E-state index in [2.05, 4.69) is 15.9 Å². The van der Waals surface area contributed by atoms with Gasteiger partial charge in [-0.05, 0) is 40.5 Å². The summed E-state index contributed by atoms with van der Waals surface area (Å²) in [6.45, 7) is 1.85. The Morgan fingerprint density at radius 1 is 1.47 bits per heavy atom. The van der Waals surface area contributed by atoms with Crippen molar-refractivity contribution in [2.75, 3.05) is 0 Å². The molecule has 2 aromatic rings. The zero-order chi connectivity index (χ0) is 12.6. The molecule has 0 aliphatic rings. The van der Waals surface area contributed by atoms with E-state index in [-0.39, 0.29) is 5.56 Å². The molecule has 0 saturated carbocycles. The second kappa shape index (κ2) is 5.06. The lowest BCUT2D eigenvalue weighted by Crippen LogP contribution is -2.00. The number of thiophene rings is 1. The number of aliphatic hydroxyl groups excluding tert-OH is 1. The van der Waals surface area contributed by atoms with Gasteiger partial charge in [0.05, 0.1) is 8.81 Å². The Kier molecular flexibility index (Phi) is 3.88. The first-order chi connectivity index (χ1) is 8.00. The van der Waals surface area contributed by atoms with Crippen LogP contribution >= 0.6 is 38.9 Å². The van der Waals surface area contributed by atoms with Gasteiger partial charge in [0.25, 0.3) is 0 Å². The molecule has 0 amide bonds. The summed E-state index contributed by atoms with van der Waals surface area (Å²) in [7, 11) is 0. The molecule has 1 heterocycles. The Morgan fingerprint density at radius 2 is 2.18 bits per heavy atom. The second-order valence-electron chi connectivity index (χ2n) is 3.65. The van der Waals surface area contributed by atoms with E-state index in [1.165, 1.54) is 11.3 Å². The summed E-state index contributed by atoms with van der Waals surface area (Å²) in [6.07, 6.45) is -0.983. The summed E-state index contributed by atoms with van der Waals surface area (Å²) >= 11 is 10.3. The van der Waals surface area contributed by atoms with Crippen molar-refractivity contribution in [2.24, 2.45) is 0 Å². The van der Waals surface area contributed by atoms with Crippen LogP contribution < -0.4 is 0 Å². The minimum atomic E-state index is -0.983. The Morgan fingerprint density at radius 3 is 2.76 bits per heavy atom. The summed E-state index contributed by atoms with van der Waals surface area (Å²) in [6, 6.07) is 6.62. The molecule has 0 radical (unpaired) electrons. The normalized spacial score (nSPS) is 12.8. The van der Waals surface area contributed by atoms with Crippen LogP contribution in [-0.2, 0) is 0 Å². The van der Waals surface area contributed by atoms with Crippen LogP contribution in [0.15, 0.2) is 28.7 Å². The quantitative estimate of drug-likeness (QED) is 0.844. The number of hydrogen-bond donors (Lipinski definition) is 1. The molecule has 1 nitrogen and oxygen atoms in total. The third kappa shape index (κ3) is 2.55. The zero-order valence-corrected chi connectivity index (χ0v) is 12.0. The van der Waals surface area contributed by atoms with Crippen molar-refractivity contribution < 1.29 is 9.50 Å². The molecule has 2 rings (SSSR count). The largest absolute Gasteiger partial charge is 0.383 e. The first kappa shape index (κ1) is 13.0. The van der Waals surface area contributed by atoms with Crippen LogP contribution in [0.5, 0.6) is 0 Å². The molecule has 1 aromatic carbocycles. The monoisotopic (exact) mass is 334 g/mol. The van der Waals surface area contributed by atoms with Gasteiger partial charge in [-0.1, -0.05) is 23.7 Å². The van der Waals surface area contributed by atoms with Gasteiger partial charge in [0.2, 0.25) is 0 Å². The van der Waals surface area contributed by atoms with Crippen LogP contribution in [0, 0.1) is 12.7 Å². The summed E-state index contributed by atoms with van der Waals surface area (Å²) < 4.78 is 14.8. The molecule has 0 saturated heterocycles. The van der Waals surface area contributed by atoms with Gasteiger partial charge in [-0.25, -0.2) is 4.39 Å². The van der Waals surface area contributed by atoms with Crippen molar-refractivity contribution in [3.8, 4) is 0 Å². The number of aryl methyl sites for hydroxylation is 1. The predicted molar refractivity (Wildman–Crippen MR) is 72.2 cm³/mol. The van der Waals surface area contributed by atoms with Crippen molar-refractivity contribution in [1.29, 1.82) is 0 Å². The van der Waals surface area contributed by atoms with Gasteiger partial charge >= 0.3 is 0 Å². The first-order valence-electron chi connectivity index (χ1n) is 4.88. The number of aliphatic hydroxyl groups is 1. The Balaban J connectivity index is 2.43. The SMILES string of the molecule is Cc1cc(C(O)c2cccc(Br)c2F)sc1Cl. The van der Waals surface area contributed by atoms with Crippen molar-refractivity contribution in [1.82, 2.24) is 0 Å². The van der Waals surface area contributed by atoms with E-state index in [1.807, 2.05) is 6.92 Å². The number of rotatable bonds is 2. The lowest BCUT2D eigenvalue weighted by molar-refractivity contribution is 0.218. The maximum atomic E-state index is 13.8. The second-order valence-corrected chi connectivity index (χ2v) is 6.19. The highest BCUT2D eigenvalue weighted by molar-refractivity contribution is 9.10. The highest BCUT2D eigenvalue weighted by Gasteiger charge is 2.19. The predicted octanol–water partition coefficient (Wildman–Crippen LogP) is 4.69. The minimum Gasteiger partial charge on any atom is -0.383 e. The summed E-state index contributed by atoms with van der Waals surface area (Å²) in [4.78, 5) is 0.643. The number of hydrogen-bond acceptors (Lipinski definition) is 2. The fourth-order valence-electron chi connectivity index (χ4n) is 1.50. The van der Waals surface area contributed by atoms with Gasteiger partial charge in [0, 0.05) is 10.4 Å². The summed E-state index contributed by atoms with van der Waals surface area (Å²) in [5, 5.41) is 10.1.